The second kappa shape index (κ2) is 10.1. The smallest absolute Gasteiger partial charge is 0.275 e. The summed E-state index contributed by atoms with van der Waals surface area (Å²) in [6.45, 7) is 1.07. The molecule has 3 heterocycles. The van der Waals surface area contributed by atoms with Crippen LogP contribution in [-0.2, 0) is 11.3 Å². The number of carbonyl (C=O) groups excluding carboxylic acids is 1. The SMILES string of the molecule is CN(C)c1ncc(-c2ccc(Cl)cc2)c(C2CCCN(C(=O)Cn3ncc4ccccc4c3=O)C2)n1. The molecule has 0 aliphatic carbocycles. The van der Waals surface area contributed by atoms with Crippen molar-refractivity contribution >= 4 is 34.2 Å². The van der Waals surface area contributed by atoms with Crippen LogP contribution in [0, 0.1) is 0 Å². The molecule has 1 saturated heterocycles. The first kappa shape index (κ1) is 23.9. The van der Waals surface area contributed by atoms with Crippen molar-refractivity contribution < 1.29 is 4.79 Å². The molecule has 1 atom stereocenters. The summed E-state index contributed by atoms with van der Waals surface area (Å²) in [4.78, 5) is 39.3. The molecule has 4 aromatic rings. The molecule has 0 saturated carbocycles. The number of amides is 1. The maximum absolute atomic E-state index is 13.3. The molecule has 0 N–H and O–H groups in total. The molecule has 0 bridgehead atoms. The standard InChI is InChI=1S/C27H27ClN6O2/c1-32(2)27-29-15-23(18-9-11-21(28)12-10-18)25(31-27)20-7-5-13-33(16-20)24(35)17-34-26(36)22-8-4-3-6-19(22)14-30-34/h3-4,6,8-12,14-15,20H,5,7,13,16-17H2,1-2H3. The Hall–Kier alpha value is -3.78. The Morgan fingerprint density at radius 2 is 1.89 bits per heavy atom. The molecule has 1 unspecified atom stereocenters. The fourth-order valence-electron chi connectivity index (χ4n) is 4.66. The number of aromatic nitrogens is 4. The van der Waals surface area contributed by atoms with Gasteiger partial charge in [0.1, 0.15) is 6.54 Å². The third kappa shape index (κ3) is 4.81. The summed E-state index contributed by atoms with van der Waals surface area (Å²) in [6.07, 6.45) is 5.23. The van der Waals surface area contributed by atoms with Crippen molar-refractivity contribution in [2.24, 2.45) is 0 Å². The van der Waals surface area contributed by atoms with Crippen molar-refractivity contribution in [3.63, 3.8) is 0 Å². The van der Waals surface area contributed by atoms with Gasteiger partial charge in [-0.15, -0.1) is 0 Å². The zero-order chi connectivity index (χ0) is 25.2. The zero-order valence-electron chi connectivity index (χ0n) is 20.3. The largest absolute Gasteiger partial charge is 0.347 e. The Kier molecular flexibility index (Phi) is 6.69. The first-order chi connectivity index (χ1) is 17.4. The number of carbonyl (C=O) groups is 1. The van der Waals surface area contributed by atoms with Crippen LogP contribution in [-0.4, -0.2) is 57.7 Å². The lowest BCUT2D eigenvalue weighted by Gasteiger charge is -2.33. The van der Waals surface area contributed by atoms with Gasteiger partial charge in [0.25, 0.3) is 5.56 Å². The molecule has 9 heteroatoms. The molecular formula is C27H27ClN6O2. The number of rotatable bonds is 5. The van der Waals surface area contributed by atoms with Crippen molar-refractivity contribution in [3.8, 4) is 11.1 Å². The summed E-state index contributed by atoms with van der Waals surface area (Å²) in [5.74, 6) is 0.536. The first-order valence-electron chi connectivity index (χ1n) is 11.9. The minimum absolute atomic E-state index is 0.0383. The quantitative estimate of drug-likeness (QED) is 0.410. The highest BCUT2D eigenvalue weighted by Gasteiger charge is 2.29. The van der Waals surface area contributed by atoms with E-state index in [4.69, 9.17) is 16.6 Å². The average Bonchev–Trinajstić information content (AvgIpc) is 2.90. The van der Waals surface area contributed by atoms with Gasteiger partial charge < -0.3 is 9.80 Å². The monoisotopic (exact) mass is 502 g/mol. The van der Waals surface area contributed by atoms with Crippen LogP contribution >= 0.6 is 11.6 Å². The summed E-state index contributed by atoms with van der Waals surface area (Å²) >= 11 is 6.11. The Bertz CT molecular complexity index is 1470. The highest BCUT2D eigenvalue weighted by Crippen LogP contribution is 2.34. The zero-order valence-corrected chi connectivity index (χ0v) is 21.0. The lowest BCUT2D eigenvalue weighted by molar-refractivity contribution is -0.133. The van der Waals surface area contributed by atoms with E-state index >= 15 is 0 Å². The van der Waals surface area contributed by atoms with Gasteiger partial charge in [0.05, 0.1) is 17.3 Å². The molecule has 0 radical (unpaired) electrons. The van der Waals surface area contributed by atoms with Crippen LogP contribution < -0.4 is 10.5 Å². The lowest BCUT2D eigenvalue weighted by atomic mass is 9.90. The van der Waals surface area contributed by atoms with Crippen LogP contribution in [0.2, 0.25) is 5.02 Å². The summed E-state index contributed by atoms with van der Waals surface area (Å²) in [7, 11) is 3.82. The van der Waals surface area contributed by atoms with Crippen LogP contribution in [0.15, 0.2) is 65.7 Å². The van der Waals surface area contributed by atoms with E-state index in [1.54, 1.807) is 12.3 Å². The number of hydrogen-bond donors (Lipinski definition) is 0. The minimum Gasteiger partial charge on any atom is -0.347 e. The molecular weight excluding hydrogens is 476 g/mol. The van der Waals surface area contributed by atoms with Crippen molar-refractivity contribution in [2.45, 2.75) is 25.3 Å². The predicted octanol–water partition coefficient (Wildman–Crippen LogP) is 3.98. The Labute approximate surface area is 214 Å². The molecule has 1 fully saturated rings. The minimum atomic E-state index is -0.258. The normalized spacial score (nSPS) is 15.8. The maximum Gasteiger partial charge on any atom is 0.275 e. The molecule has 36 heavy (non-hydrogen) atoms. The van der Waals surface area contributed by atoms with Crippen LogP contribution in [0.5, 0.6) is 0 Å². The summed E-state index contributed by atoms with van der Waals surface area (Å²) in [5, 5.41) is 6.22. The van der Waals surface area contributed by atoms with Gasteiger partial charge in [0.2, 0.25) is 11.9 Å². The third-order valence-electron chi connectivity index (χ3n) is 6.57. The lowest BCUT2D eigenvalue weighted by Crippen LogP contribution is -2.42. The van der Waals surface area contributed by atoms with Gasteiger partial charge in [0, 0.05) is 55.3 Å². The number of hydrogen-bond acceptors (Lipinski definition) is 6. The van der Waals surface area contributed by atoms with Crippen LogP contribution in [0.25, 0.3) is 21.9 Å². The molecule has 1 aliphatic heterocycles. The molecule has 2 aromatic carbocycles. The van der Waals surface area contributed by atoms with Gasteiger partial charge in [0.15, 0.2) is 0 Å². The second-order valence-electron chi connectivity index (χ2n) is 9.24. The van der Waals surface area contributed by atoms with Gasteiger partial charge in [-0.05, 0) is 36.6 Å². The molecule has 184 valence electrons. The number of benzene rings is 2. The summed E-state index contributed by atoms with van der Waals surface area (Å²) in [5.41, 5.74) is 2.57. The Morgan fingerprint density at radius 1 is 1.11 bits per heavy atom. The Balaban J connectivity index is 1.42. The molecule has 0 spiro atoms. The molecule has 5 rings (SSSR count). The predicted molar refractivity (Wildman–Crippen MR) is 141 cm³/mol. The second-order valence-corrected chi connectivity index (χ2v) is 9.68. The number of nitrogens with zero attached hydrogens (tertiary/aromatic N) is 6. The van der Waals surface area contributed by atoms with Gasteiger partial charge in [-0.25, -0.2) is 14.6 Å². The number of likely N-dealkylation sites (tertiary alicyclic amines) is 1. The van der Waals surface area contributed by atoms with Gasteiger partial charge in [-0.1, -0.05) is 41.9 Å². The number of piperidine rings is 1. The van der Waals surface area contributed by atoms with Crippen LogP contribution in [0.4, 0.5) is 5.95 Å². The van der Waals surface area contributed by atoms with E-state index in [2.05, 4.69) is 10.1 Å². The van der Waals surface area contributed by atoms with Crippen molar-refractivity contribution in [2.75, 3.05) is 32.1 Å². The van der Waals surface area contributed by atoms with E-state index in [0.29, 0.717) is 29.4 Å². The van der Waals surface area contributed by atoms with Crippen molar-refractivity contribution in [1.82, 2.24) is 24.6 Å². The van der Waals surface area contributed by atoms with Crippen LogP contribution in [0.1, 0.15) is 24.5 Å². The highest BCUT2D eigenvalue weighted by molar-refractivity contribution is 6.30. The van der Waals surface area contributed by atoms with E-state index in [-0.39, 0.29) is 23.9 Å². The third-order valence-corrected chi connectivity index (χ3v) is 6.82. The number of anilines is 1. The average molecular weight is 503 g/mol. The molecule has 8 nitrogen and oxygen atoms in total. The fraction of sp³-hybridized carbons (Fsp3) is 0.296. The van der Waals surface area contributed by atoms with Crippen molar-refractivity contribution in [3.05, 3.63) is 82.0 Å². The van der Waals surface area contributed by atoms with Crippen molar-refractivity contribution in [1.29, 1.82) is 0 Å². The maximum atomic E-state index is 13.3. The number of halogens is 1. The Morgan fingerprint density at radius 3 is 2.67 bits per heavy atom. The molecule has 1 aliphatic rings. The van der Waals surface area contributed by atoms with Gasteiger partial charge in [-0.2, -0.15) is 5.10 Å². The van der Waals surface area contributed by atoms with E-state index in [0.717, 1.165) is 35.0 Å². The van der Waals surface area contributed by atoms with E-state index in [1.807, 2.05) is 72.6 Å². The molecule has 1 amide bonds. The summed E-state index contributed by atoms with van der Waals surface area (Å²) < 4.78 is 1.25. The fourth-order valence-corrected chi connectivity index (χ4v) is 4.79. The van der Waals surface area contributed by atoms with E-state index in [9.17, 15) is 9.59 Å². The van der Waals surface area contributed by atoms with Gasteiger partial charge >= 0.3 is 0 Å². The highest BCUT2D eigenvalue weighted by atomic mass is 35.5. The summed E-state index contributed by atoms with van der Waals surface area (Å²) in [6, 6.07) is 14.9. The topological polar surface area (TPSA) is 84.2 Å². The van der Waals surface area contributed by atoms with E-state index in [1.165, 1.54) is 4.68 Å². The van der Waals surface area contributed by atoms with Gasteiger partial charge in [-0.3, -0.25) is 9.59 Å². The van der Waals surface area contributed by atoms with Crippen LogP contribution in [0.3, 0.4) is 0 Å². The first-order valence-corrected chi connectivity index (χ1v) is 12.3. The molecule has 2 aromatic heterocycles. The van der Waals surface area contributed by atoms with E-state index < -0.39 is 0 Å². The number of fused-ring (bicyclic) bond motifs is 1.